The number of halogens is 1. The van der Waals surface area contributed by atoms with Gasteiger partial charge in [-0.05, 0) is 30.3 Å². The molecule has 0 fully saturated rings. The van der Waals surface area contributed by atoms with Crippen LogP contribution in [0, 0.1) is 5.82 Å². The second kappa shape index (κ2) is 7.32. The van der Waals surface area contributed by atoms with E-state index in [0.717, 1.165) is 17.5 Å². The van der Waals surface area contributed by atoms with Crippen molar-refractivity contribution >= 4 is 5.91 Å². The Morgan fingerprint density at radius 1 is 1.33 bits per heavy atom. The summed E-state index contributed by atoms with van der Waals surface area (Å²) in [6, 6.07) is 7.74. The smallest absolute Gasteiger partial charge is 0.269 e. The first kappa shape index (κ1) is 17.4. The number of aromatic nitrogens is 4. The number of hydrogen-bond donors (Lipinski definition) is 1. The van der Waals surface area contributed by atoms with E-state index in [9.17, 15) is 9.18 Å². The van der Waals surface area contributed by atoms with E-state index >= 15 is 0 Å². The first-order chi connectivity index (χ1) is 13.1. The van der Waals surface area contributed by atoms with Crippen molar-refractivity contribution in [3.63, 3.8) is 0 Å². The fraction of sp³-hybridized carbons (Fsp3) is 0.316. The molecule has 8 heteroatoms. The second-order valence-corrected chi connectivity index (χ2v) is 6.44. The number of nitrogens with zero attached hydrogens (tertiary/aromatic N) is 4. The summed E-state index contributed by atoms with van der Waals surface area (Å²) >= 11 is 0. The molecule has 1 aromatic carbocycles. The average molecular weight is 369 g/mol. The monoisotopic (exact) mass is 369 g/mol. The summed E-state index contributed by atoms with van der Waals surface area (Å²) in [6.07, 6.45) is 2.67. The highest BCUT2D eigenvalue weighted by atomic mass is 19.1. The highest BCUT2D eigenvalue weighted by Crippen LogP contribution is 2.19. The maximum Gasteiger partial charge on any atom is 0.269 e. The van der Waals surface area contributed by atoms with Crippen LogP contribution in [0.15, 0.2) is 36.5 Å². The molecule has 1 aliphatic rings. The first-order valence-corrected chi connectivity index (χ1v) is 8.81. The van der Waals surface area contributed by atoms with Crippen molar-refractivity contribution in [2.75, 3.05) is 13.2 Å². The zero-order valence-corrected chi connectivity index (χ0v) is 15.0. The van der Waals surface area contributed by atoms with Crippen LogP contribution in [0.5, 0.6) is 0 Å². The zero-order valence-electron chi connectivity index (χ0n) is 15.0. The molecule has 0 unspecified atom stereocenters. The van der Waals surface area contributed by atoms with E-state index in [2.05, 4.69) is 15.5 Å². The number of aryl methyl sites for hydroxylation is 1. The molecule has 7 nitrogen and oxygen atoms in total. The largest absolute Gasteiger partial charge is 0.376 e. The van der Waals surface area contributed by atoms with E-state index in [-0.39, 0.29) is 11.7 Å². The van der Waals surface area contributed by atoms with Crippen LogP contribution in [-0.4, -0.2) is 38.6 Å². The predicted octanol–water partition coefficient (Wildman–Crippen LogP) is 1.93. The van der Waals surface area contributed by atoms with E-state index < -0.39 is 0 Å². The van der Waals surface area contributed by atoms with Gasteiger partial charge in [0.1, 0.15) is 11.5 Å². The molecule has 0 saturated heterocycles. The lowest BCUT2D eigenvalue weighted by Crippen LogP contribution is -2.29. The molecule has 4 rings (SSSR count). The van der Waals surface area contributed by atoms with Gasteiger partial charge in [-0.1, -0.05) is 0 Å². The lowest BCUT2D eigenvalue weighted by atomic mass is 10.1. The van der Waals surface area contributed by atoms with Crippen LogP contribution in [0.2, 0.25) is 0 Å². The van der Waals surface area contributed by atoms with Gasteiger partial charge in [0.2, 0.25) is 0 Å². The van der Waals surface area contributed by atoms with Crippen LogP contribution in [0.4, 0.5) is 4.39 Å². The van der Waals surface area contributed by atoms with Crippen LogP contribution in [0.3, 0.4) is 0 Å². The van der Waals surface area contributed by atoms with Crippen molar-refractivity contribution in [3.05, 3.63) is 59.3 Å². The fourth-order valence-corrected chi connectivity index (χ4v) is 3.21. The molecule has 27 heavy (non-hydrogen) atoms. The van der Waals surface area contributed by atoms with E-state index in [1.54, 1.807) is 25.2 Å². The number of nitrogens with one attached hydrogen (secondary N) is 1. The molecular weight excluding hydrogens is 349 g/mol. The third-order valence-corrected chi connectivity index (χ3v) is 4.64. The number of carbonyl (C=O) groups is 1. The van der Waals surface area contributed by atoms with Crippen molar-refractivity contribution in [2.45, 2.75) is 19.6 Å². The molecule has 1 amide bonds. The Labute approximate surface area is 155 Å². The highest BCUT2D eigenvalue weighted by Gasteiger charge is 2.17. The van der Waals surface area contributed by atoms with E-state index in [1.807, 2.05) is 10.9 Å². The zero-order chi connectivity index (χ0) is 18.8. The van der Waals surface area contributed by atoms with Crippen molar-refractivity contribution in [2.24, 2.45) is 7.05 Å². The molecule has 2 aromatic heterocycles. The lowest BCUT2D eigenvalue weighted by Gasteiger charge is -2.14. The number of carbonyl (C=O) groups excluding carboxylic acids is 1. The molecule has 0 spiro atoms. The number of benzene rings is 1. The molecule has 140 valence electrons. The SMILES string of the molecule is Cn1nc(-c2ccc(F)cc2)cc1C(=O)NCCn1ncc2c1CCOC2. The van der Waals surface area contributed by atoms with Crippen molar-refractivity contribution in [1.82, 2.24) is 24.9 Å². The quantitative estimate of drug-likeness (QED) is 0.746. The normalized spacial score (nSPS) is 13.4. The molecule has 0 radical (unpaired) electrons. The lowest BCUT2D eigenvalue weighted by molar-refractivity contribution is 0.0941. The maximum absolute atomic E-state index is 13.1. The van der Waals surface area contributed by atoms with Gasteiger partial charge in [-0.15, -0.1) is 0 Å². The summed E-state index contributed by atoms with van der Waals surface area (Å²) < 4.78 is 21.9. The number of fused-ring (bicyclic) bond motifs is 1. The van der Waals surface area contributed by atoms with Gasteiger partial charge in [0.25, 0.3) is 5.91 Å². The molecule has 3 aromatic rings. The number of amides is 1. The maximum atomic E-state index is 13.1. The van der Waals surface area contributed by atoms with Crippen LogP contribution < -0.4 is 5.32 Å². The van der Waals surface area contributed by atoms with Crippen LogP contribution in [0.1, 0.15) is 21.7 Å². The average Bonchev–Trinajstić information content (AvgIpc) is 3.26. The number of ether oxygens (including phenoxy) is 1. The molecule has 0 aliphatic carbocycles. The highest BCUT2D eigenvalue weighted by molar-refractivity contribution is 5.93. The molecule has 1 N–H and O–H groups in total. The first-order valence-electron chi connectivity index (χ1n) is 8.81. The van der Waals surface area contributed by atoms with Gasteiger partial charge in [-0.3, -0.25) is 14.2 Å². The van der Waals surface area contributed by atoms with Crippen molar-refractivity contribution in [3.8, 4) is 11.3 Å². The minimum atomic E-state index is -0.306. The van der Waals surface area contributed by atoms with Gasteiger partial charge in [-0.2, -0.15) is 10.2 Å². The van der Waals surface area contributed by atoms with Gasteiger partial charge < -0.3 is 10.1 Å². The number of rotatable bonds is 5. The molecule has 1 aliphatic heterocycles. The summed E-state index contributed by atoms with van der Waals surface area (Å²) in [6.45, 7) is 2.36. The molecule has 3 heterocycles. The predicted molar refractivity (Wildman–Crippen MR) is 96.5 cm³/mol. The van der Waals surface area contributed by atoms with Crippen molar-refractivity contribution in [1.29, 1.82) is 0 Å². The summed E-state index contributed by atoms with van der Waals surface area (Å²) in [5.41, 5.74) is 4.13. The molecular formula is C19H20FN5O2. The third-order valence-electron chi connectivity index (χ3n) is 4.64. The standard InChI is InChI=1S/C19H20FN5O2/c1-24-18(10-16(23-24)13-2-4-15(20)5-3-13)19(26)21-7-8-25-17-6-9-27-12-14(17)11-22-25/h2-5,10-11H,6-9,12H2,1H3,(H,21,26). The molecule has 0 bridgehead atoms. The van der Waals surface area contributed by atoms with E-state index in [0.29, 0.717) is 37.7 Å². The van der Waals surface area contributed by atoms with E-state index in [4.69, 9.17) is 4.74 Å². The van der Waals surface area contributed by atoms with Gasteiger partial charge in [0.05, 0.1) is 31.6 Å². The summed E-state index contributed by atoms with van der Waals surface area (Å²) in [5.74, 6) is -0.511. The van der Waals surface area contributed by atoms with Crippen LogP contribution in [0.25, 0.3) is 11.3 Å². The minimum absolute atomic E-state index is 0.206. The van der Waals surface area contributed by atoms with E-state index in [1.165, 1.54) is 22.5 Å². The Kier molecular flexibility index (Phi) is 4.72. The summed E-state index contributed by atoms with van der Waals surface area (Å²) in [5, 5.41) is 11.6. The Morgan fingerprint density at radius 3 is 2.96 bits per heavy atom. The molecule has 0 saturated carbocycles. The summed E-state index contributed by atoms with van der Waals surface area (Å²) in [4.78, 5) is 12.5. The Morgan fingerprint density at radius 2 is 2.15 bits per heavy atom. The Balaban J connectivity index is 1.40. The molecule has 0 atom stereocenters. The van der Waals surface area contributed by atoms with Crippen LogP contribution in [-0.2, 0) is 31.4 Å². The van der Waals surface area contributed by atoms with Crippen molar-refractivity contribution < 1.29 is 13.9 Å². The fourth-order valence-electron chi connectivity index (χ4n) is 3.21. The Hall–Kier alpha value is -3.00. The van der Waals surface area contributed by atoms with Gasteiger partial charge in [0, 0.05) is 36.8 Å². The minimum Gasteiger partial charge on any atom is -0.376 e. The van der Waals surface area contributed by atoms with Crippen LogP contribution >= 0.6 is 0 Å². The van der Waals surface area contributed by atoms with Gasteiger partial charge in [-0.25, -0.2) is 4.39 Å². The number of hydrogen-bond acceptors (Lipinski definition) is 4. The topological polar surface area (TPSA) is 74.0 Å². The Bertz CT molecular complexity index is 961. The van der Waals surface area contributed by atoms with Gasteiger partial charge >= 0.3 is 0 Å². The van der Waals surface area contributed by atoms with Gasteiger partial charge in [0.15, 0.2) is 0 Å². The summed E-state index contributed by atoms with van der Waals surface area (Å²) in [7, 11) is 1.71. The second-order valence-electron chi connectivity index (χ2n) is 6.44. The third kappa shape index (κ3) is 3.61.